The van der Waals surface area contributed by atoms with Crippen LogP contribution in [-0.4, -0.2) is 29.5 Å². The van der Waals surface area contributed by atoms with Gasteiger partial charge in [-0.2, -0.15) is 0 Å². The molecule has 14 heavy (non-hydrogen) atoms. The van der Waals surface area contributed by atoms with Crippen molar-refractivity contribution in [2.75, 3.05) is 6.54 Å². The average molecular weight is 197 g/mol. The maximum absolute atomic E-state index is 5.90. The quantitative estimate of drug-likeness (QED) is 0.747. The number of guanidine groups is 1. The zero-order chi connectivity index (χ0) is 10.7. The second-order valence-corrected chi connectivity index (χ2v) is 4.65. The third kappa shape index (κ3) is 2.40. The van der Waals surface area contributed by atoms with E-state index in [2.05, 4.69) is 37.6 Å². The van der Waals surface area contributed by atoms with E-state index in [4.69, 9.17) is 5.73 Å². The second kappa shape index (κ2) is 4.67. The van der Waals surface area contributed by atoms with Crippen molar-refractivity contribution in [3.05, 3.63) is 0 Å². The van der Waals surface area contributed by atoms with Gasteiger partial charge in [0.2, 0.25) is 0 Å². The van der Waals surface area contributed by atoms with E-state index in [-0.39, 0.29) is 0 Å². The van der Waals surface area contributed by atoms with Crippen molar-refractivity contribution in [3.63, 3.8) is 0 Å². The number of rotatable bonds is 4. The highest BCUT2D eigenvalue weighted by molar-refractivity contribution is 5.80. The largest absolute Gasteiger partial charge is 0.370 e. The predicted molar refractivity (Wildman–Crippen MR) is 61.3 cm³/mol. The van der Waals surface area contributed by atoms with E-state index in [1.165, 1.54) is 6.42 Å². The predicted octanol–water partition coefficient (Wildman–Crippen LogP) is 1.83. The summed E-state index contributed by atoms with van der Waals surface area (Å²) in [4.78, 5) is 6.63. The van der Waals surface area contributed by atoms with Gasteiger partial charge >= 0.3 is 0 Å². The first-order valence-electron chi connectivity index (χ1n) is 5.64. The van der Waals surface area contributed by atoms with Gasteiger partial charge in [-0.3, -0.25) is 4.99 Å². The lowest BCUT2D eigenvalue weighted by molar-refractivity contribution is 0.237. The van der Waals surface area contributed by atoms with Crippen molar-refractivity contribution >= 4 is 5.96 Å². The number of hydrogen-bond acceptors (Lipinski definition) is 3. The summed E-state index contributed by atoms with van der Waals surface area (Å²) < 4.78 is 0. The van der Waals surface area contributed by atoms with Gasteiger partial charge in [-0.1, -0.05) is 20.8 Å². The topological polar surface area (TPSA) is 41.6 Å². The molecule has 2 unspecified atom stereocenters. The molecule has 2 atom stereocenters. The van der Waals surface area contributed by atoms with Gasteiger partial charge in [0.15, 0.2) is 5.96 Å². The molecule has 0 amide bonds. The maximum Gasteiger partial charge on any atom is 0.191 e. The Hall–Kier alpha value is -0.730. The van der Waals surface area contributed by atoms with Crippen LogP contribution in [0, 0.1) is 5.92 Å². The molecule has 1 heterocycles. The molecule has 0 aliphatic carbocycles. The summed E-state index contributed by atoms with van der Waals surface area (Å²) in [7, 11) is 0. The first-order chi connectivity index (χ1) is 6.56. The monoisotopic (exact) mass is 197 g/mol. The summed E-state index contributed by atoms with van der Waals surface area (Å²) in [5.74, 6) is 1.46. The molecule has 1 aliphatic rings. The molecule has 0 saturated carbocycles. The summed E-state index contributed by atoms with van der Waals surface area (Å²) in [5.41, 5.74) is 5.90. The minimum atomic E-state index is 0.519. The molecule has 0 aromatic heterocycles. The zero-order valence-corrected chi connectivity index (χ0v) is 9.83. The lowest BCUT2D eigenvalue weighted by Gasteiger charge is -2.32. The van der Waals surface area contributed by atoms with Crippen LogP contribution in [0.1, 0.15) is 40.5 Å². The van der Waals surface area contributed by atoms with E-state index in [1.807, 2.05) is 0 Å². The van der Waals surface area contributed by atoms with E-state index in [9.17, 15) is 0 Å². The van der Waals surface area contributed by atoms with Gasteiger partial charge < -0.3 is 10.6 Å². The minimum absolute atomic E-state index is 0.519. The van der Waals surface area contributed by atoms with Gasteiger partial charge in [-0.15, -0.1) is 0 Å². The first kappa shape index (κ1) is 11.3. The van der Waals surface area contributed by atoms with E-state index in [0.29, 0.717) is 18.0 Å². The van der Waals surface area contributed by atoms with E-state index >= 15 is 0 Å². The lowest BCUT2D eigenvalue weighted by Crippen LogP contribution is -2.46. The summed E-state index contributed by atoms with van der Waals surface area (Å²) in [6.45, 7) is 9.81. The first-order valence-corrected chi connectivity index (χ1v) is 5.64. The summed E-state index contributed by atoms with van der Waals surface area (Å²) in [6.07, 6.45) is 2.32. The molecule has 0 spiro atoms. The van der Waals surface area contributed by atoms with Crippen molar-refractivity contribution in [3.8, 4) is 0 Å². The van der Waals surface area contributed by atoms with Crippen molar-refractivity contribution in [2.45, 2.75) is 52.6 Å². The third-order valence-electron chi connectivity index (χ3n) is 2.93. The fourth-order valence-corrected chi connectivity index (χ4v) is 2.07. The van der Waals surface area contributed by atoms with E-state index in [0.717, 1.165) is 18.9 Å². The SMILES string of the molecule is CCC(C)N1C(N)=NCC1CC(C)C. The van der Waals surface area contributed by atoms with Crippen molar-refractivity contribution < 1.29 is 0 Å². The van der Waals surface area contributed by atoms with Crippen LogP contribution in [0.15, 0.2) is 4.99 Å². The second-order valence-electron chi connectivity index (χ2n) is 4.65. The van der Waals surface area contributed by atoms with Crippen LogP contribution < -0.4 is 5.73 Å². The number of aliphatic imine (C=N–C) groups is 1. The Kier molecular flexibility index (Phi) is 3.78. The van der Waals surface area contributed by atoms with Crippen molar-refractivity contribution in [1.82, 2.24) is 4.90 Å². The van der Waals surface area contributed by atoms with Crippen LogP contribution in [0.25, 0.3) is 0 Å². The fraction of sp³-hybridized carbons (Fsp3) is 0.909. The van der Waals surface area contributed by atoms with Crippen LogP contribution in [0.2, 0.25) is 0 Å². The Balaban J connectivity index is 2.61. The minimum Gasteiger partial charge on any atom is -0.370 e. The van der Waals surface area contributed by atoms with Gasteiger partial charge in [-0.25, -0.2) is 0 Å². The zero-order valence-electron chi connectivity index (χ0n) is 9.83. The molecule has 0 aromatic rings. The van der Waals surface area contributed by atoms with Gasteiger partial charge in [0, 0.05) is 6.04 Å². The Bertz CT molecular complexity index is 211. The summed E-state index contributed by atoms with van der Waals surface area (Å²) in [5, 5.41) is 0. The standard InChI is InChI=1S/C11H23N3/c1-5-9(4)14-10(6-8(2)3)7-13-11(14)12/h8-10H,5-7H2,1-4H3,(H2,12,13). The number of nitrogens with two attached hydrogens (primary N) is 1. The van der Waals surface area contributed by atoms with Crippen LogP contribution in [0.4, 0.5) is 0 Å². The Morgan fingerprint density at radius 2 is 2.14 bits per heavy atom. The normalized spacial score (nSPS) is 24.2. The molecule has 0 saturated heterocycles. The smallest absolute Gasteiger partial charge is 0.191 e. The Morgan fingerprint density at radius 1 is 1.50 bits per heavy atom. The molecule has 1 aliphatic heterocycles. The number of hydrogen-bond donors (Lipinski definition) is 1. The molecule has 3 nitrogen and oxygen atoms in total. The Labute approximate surface area is 87.4 Å². The Morgan fingerprint density at radius 3 is 2.64 bits per heavy atom. The molecular formula is C11H23N3. The van der Waals surface area contributed by atoms with Crippen LogP contribution in [0.5, 0.6) is 0 Å². The van der Waals surface area contributed by atoms with Crippen molar-refractivity contribution in [1.29, 1.82) is 0 Å². The molecule has 3 heteroatoms. The maximum atomic E-state index is 5.90. The fourth-order valence-electron chi connectivity index (χ4n) is 2.07. The lowest BCUT2D eigenvalue weighted by atomic mass is 10.0. The van der Waals surface area contributed by atoms with Gasteiger partial charge in [0.1, 0.15) is 0 Å². The molecule has 1 rings (SSSR count). The van der Waals surface area contributed by atoms with E-state index < -0.39 is 0 Å². The molecule has 82 valence electrons. The highest BCUT2D eigenvalue weighted by Crippen LogP contribution is 2.20. The molecule has 0 aromatic carbocycles. The van der Waals surface area contributed by atoms with Gasteiger partial charge in [0.05, 0.1) is 12.6 Å². The van der Waals surface area contributed by atoms with Crippen LogP contribution >= 0.6 is 0 Å². The number of nitrogens with zero attached hydrogens (tertiary/aromatic N) is 2. The highest BCUT2D eigenvalue weighted by Gasteiger charge is 2.29. The molecule has 0 radical (unpaired) electrons. The van der Waals surface area contributed by atoms with Crippen LogP contribution in [0.3, 0.4) is 0 Å². The third-order valence-corrected chi connectivity index (χ3v) is 2.93. The highest BCUT2D eigenvalue weighted by atomic mass is 15.3. The average Bonchev–Trinajstić information content (AvgIpc) is 2.45. The van der Waals surface area contributed by atoms with Crippen molar-refractivity contribution in [2.24, 2.45) is 16.6 Å². The van der Waals surface area contributed by atoms with E-state index in [1.54, 1.807) is 0 Å². The molecule has 0 bridgehead atoms. The van der Waals surface area contributed by atoms with Gasteiger partial charge in [0.25, 0.3) is 0 Å². The molecule has 2 N–H and O–H groups in total. The van der Waals surface area contributed by atoms with Crippen LogP contribution in [-0.2, 0) is 0 Å². The molecule has 0 fully saturated rings. The summed E-state index contributed by atoms with van der Waals surface area (Å²) >= 11 is 0. The summed E-state index contributed by atoms with van der Waals surface area (Å²) in [6, 6.07) is 1.05. The van der Waals surface area contributed by atoms with Gasteiger partial charge in [-0.05, 0) is 25.7 Å². The molecular weight excluding hydrogens is 174 g/mol.